The monoisotopic (exact) mass is 450 g/mol. The van der Waals surface area contributed by atoms with E-state index in [1.165, 1.54) is 24.3 Å². The van der Waals surface area contributed by atoms with Gasteiger partial charge in [0.15, 0.2) is 0 Å². The van der Waals surface area contributed by atoms with Crippen LogP contribution in [0.15, 0.2) is 36.4 Å². The summed E-state index contributed by atoms with van der Waals surface area (Å²) >= 11 is 0. The standard InChI is InChI=1S/C24H23FN4O4/c1-11-3-8-15-20(12(11)2)27-23(33)24(15)19-18(16(28-24)9-17(26)30)21(31)29(22(19)32)10-13-4-6-14(25)7-5-13/h3-8,16,18-19,28H,9-10H2,1-2H3,(H2,26,30)(H,27,33). The summed E-state index contributed by atoms with van der Waals surface area (Å²) in [6.07, 6.45) is -0.195. The number of nitrogens with zero attached hydrogens (tertiary/aromatic N) is 1. The van der Waals surface area contributed by atoms with Crippen LogP contribution >= 0.6 is 0 Å². The largest absolute Gasteiger partial charge is 0.370 e. The zero-order valence-electron chi connectivity index (χ0n) is 18.1. The molecule has 2 aromatic rings. The fourth-order valence-electron chi connectivity index (χ4n) is 5.50. The number of amides is 4. The van der Waals surface area contributed by atoms with Crippen molar-refractivity contribution in [3.05, 3.63) is 64.5 Å². The normalized spacial score (nSPS) is 27.8. The minimum Gasteiger partial charge on any atom is -0.370 e. The molecule has 1 spiro atoms. The van der Waals surface area contributed by atoms with Gasteiger partial charge < -0.3 is 11.1 Å². The molecule has 4 unspecified atom stereocenters. The number of rotatable bonds is 4. The molecular formula is C24H23FN4O4. The summed E-state index contributed by atoms with van der Waals surface area (Å²) in [5.74, 6) is -4.44. The number of imide groups is 1. The molecule has 3 heterocycles. The number of halogens is 1. The van der Waals surface area contributed by atoms with Gasteiger partial charge in [-0.1, -0.05) is 24.3 Å². The van der Waals surface area contributed by atoms with Crippen molar-refractivity contribution >= 4 is 29.3 Å². The first kappa shape index (κ1) is 21.3. The Morgan fingerprint density at radius 1 is 1.09 bits per heavy atom. The number of hydrogen-bond donors (Lipinski definition) is 3. The predicted octanol–water partition coefficient (Wildman–Crippen LogP) is 1.24. The van der Waals surface area contributed by atoms with Crippen molar-refractivity contribution in [1.82, 2.24) is 10.2 Å². The number of anilines is 1. The van der Waals surface area contributed by atoms with Crippen LogP contribution in [0.2, 0.25) is 0 Å². The van der Waals surface area contributed by atoms with Gasteiger partial charge in [-0.3, -0.25) is 29.4 Å². The van der Waals surface area contributed by atoms with E-state index in [1.54, 1.807) is 6.07 Å². The quantitative estimate of drug-likeness (QED) is 0.605. The van der Waals surface area contributed by atoms with Gasteiger partial charge in [0.05, 0.1) is 18.4 Å². The van der Waals surface area contributed by atoms with Crippen LogP contribution in [0.3, 0.4) is 0 Å². The Balaban J connectivity index is 1.61. The zero-order chi connectivity index (χ0) is 23.7. The second-order valence-electron chi connectivity index (χ2n) is 9.01. The Kier molecular flexibility index (Phi) is 4.65. The Bertz CT molecular complexity index is 1230. The summed E-state index contributed by atoms with van der Waals surface area (Å²) in [4.78, 5) is 53.4. The highest BCUT2D eigenvalue weighted by Gasteiger charge is 2.70. The van der Waals surface area contributed by atoms with E-state index in [0.717, 1.165) is 16.0 Å². The van der Waals surface area contributed by atoms with Gasteiger partial charge in [-0.25, -0.2) is 4.39 Å². The highest BCUT2D eigenvalue weighted by atomic mass is 19.1. The molecular weight excluding hydrogens is 427 g/mol. The number of primary amides is 1. The average molecular weight is 450 g/mol. The number of carbonyl (C=O) groups is 4. The van der Waals surface area contributed by atoms with Gasteiger partial charge >= 0.3 is 0 Å². The molecule has 9 heteroatoms. The maximum atomic E-state index is 13.7. The van der Waals surface area contributed by atoms with E-state index in [9.17, 15) is 23.6 Å². The second kappa shape index (κ2) is 7.21. The van der Waals surface area contributed by atoms with Gasteiger partial charge in [0.25, 0.3) is 0 Å². The van der Waals surface area contributed by atoms with Gasteiger partial charge in [-0.2, -0.15) is 0 Å². The molecule has 3 aliphatic heterocycles. The van der Waals surface area contributed by atoms with Crippen molar-refractivity contribution in [2.24, 2.45) is 17.6 Å². The van der Waals surface area contributed by atoms with E-state index in [1.807, 2.05) is 19.9 Å². The summed E-state index contributed by atoms with van der Waals surface area (Å²) in [5, 5.41) is 6.06. The molecule has 0 bridgehead atoms. The topological polar surface area (TPSA) is 122 Å². The fraction of sp³-hybridized carbons (Fsp3) is 0.333. The Hall–Kier alpha value is -3.59. The molecule has 0 aliphatic carbocycles. The average Bonchev–Trinajstić information content (AvgIpc) is 3.33. The number of hydrogen-bond acceptors (Lipinski definition) is 5. The van der Waals surface area contributed by atoms with Gasteiger partial charge in [0.1, 0.15) is 11.4 Å². The first-order chi connectivity index (χ1) is 15.6. The summed E-state index contributed by atoms with van der Waals surface area (Å²) in [7, 11) is 0. The van der Waals surface area contributed by atoms with Crippen molar-refractivity contribution in [1.29, 1.82) is 0 Å². The molecule has 2 aromatic carbocycles. The van der Waals surface area contributed by atoms with E-state index in [4.69, 9.17) is 5.73 Å². The molecule has 4 amide bonds. The van der Waals surface area contributed by atoms with Crippen molar-refractivity contribution in [2.75, 3.05) is 5.32 Å². The molecule has 2 saturated heterocycles. The van der Waals surface area contributed by atoms with E-state index < -0.39 is 52.9 Å². The van der Waals surface area contributed by atoms with Gasteiger partial charge in [-0.15, -0.1) is 0 Å². The molecule has 0 aromatic heterocycles. The van der Waals surface area contributed by atoms with Crippen LogP contribution < -0.4 is 16.4 Å². The zero-order valence-corrected chi connectivity index (χ0v) is 18.1. The third-order valence-electron chi connectivity index (χ3n) is 7.19. The molecule has 5 rings (SSSR count). The van der Waals surface area contributed by atoms with Crippen molar-refractivity contribution in [3.8, 4) is 0 Å². The van der Waals surface area contributed by atoms with E-state index in [2.05, 4.69) is 10.6 Å². The van der Waals surface area contributed by atoms with Crippen LogP contribution in [0.4, 0.5) is 10.1 Å². The Morgan fingerprint density at radius 3 is 2.45 bits per heavy atom. The molecule has 33 heavy (non-hydrogen) atoms. The Morgan fingerprint density at radius 2 is 1.79 bits per heavy atom. The highest BCUT2D eigenvalue weighted by Crippen LogP contribution is 2.54. The predicted molar refractivity (Wildman–Crippen MR) is 116 cm³/mol. The first-order valence-corrected chi connectivity index (χ1v) is 10.7. The van der Waals surface area contributed by atoms with Gasteiger partial charge in [0.2, 0.25) is 23.6 Å². The number of likely N-dealkylation sites (tertiary alicyclic amines) is 1. The third-order valence-corrected chi connectivity index (χ3v) is 7.19. The van der Waals surface area contributed by atoms with Gasteiger partial charge in [-0.05, 0) is 42.7 Å². The van der Waals surface area contributed by atoms with Gasteiger partial charge in [0, 0.05) is 23.7 Å². The smallest absolute Gasteiger partial charge is 0.250 e. The lowest BCUT2D eigenvalue weighted by Gasteiger charge is -2.29. The number of aryl methyl sites for hydroxylation is 1. The highest BCUT2D eigenvalue weighted by molar-refractivity contribution is 6.15. The molecule has 0 radical (unpaired) electrons. The van der Waals surface area contributed by atoms with Crippen LogP contribution in [-0.2, 0) is 31.3 Å². The van der Waals surface area contributed by atoms with E-state index >= 15 is 0 Å². The lowest BCUT2D eigenvalue weighted by atomic mass is 9.76. The fourth-order valence-corrected chi connectivity index (χ4v) is 5.50. The maximum absolute atomic E-state index is 13.7. The lowest BCUT2D eigenvalue weighted by molar-refractivity contribution is -0.143. The number of nitrogens with one attached hydrogen (secondary N) is 2. The summed E-state index contributed by atoms with van der Waals surface area (Å²) < 4.78 is 13.3. The maximum Gasteiger partial charge on any atom is 0.250 e. The number of fused-ring (bicyclic) bond motifs is 4. The lowest BCUT2D eigenvalue weighted by Crippen LogP contribution is -2.53. The molecule has 0 saturated carbocycles. The minimum absolute atomic E-state index is 0.0499. The number of benzene rings is 2. The third kappa shape index (κ3) is 2.92. The van der Waals surface area contributed by atoms with Crippen LogP contribution in [0.1, 0.15) is 28.7 Å². The Labute approximate surface area is 189 Å². The molecule has 170 valence electrons. The number of carbonyl (C=O) groups excluding carboxylic acids is 4. The molecule has 3 aliphatic rings. The summed E-state index contributed by atoms with van der Waals surface area (Å²) in [5.41, 5.74) is 7.58. The molecule has 8 nitrogen and oxygen atoms in total. The van der Waals surface area contributed by atoms with Crippen molar-refractivity contribution in [2.45, 2.75) is 38.4 Å². The molecule has 4 atom stereocenters. The summed E-state index contributed by atoms with van der Waals surface area (Å²) in [6, 6.07) is 8.39. The number of nitrogens with two attached hydrogens (primary N) is 1. The van der Waals surface area contributed by atoms with Crippen LogP contribution in [0.25, 0.3) is 0 Å². The van der Waals surface area contributed by atoms with Crippen LogP contribution in [-0.4, -0.2) is 34.6 Å². The van der Waals surface area contributed by atoms with E-state index in [0.29, 0.717) is 16.8 Å². The first-order valence-electron chi connectivity index (χ1n) is 10.7. The SMILES string of the molecule is Cc1ccc2c(c1C)NC(=O)C21NC(CC(N)=O)C2C(=O)N(Cc3ccc(F)cc3)C(=O)C21. The minimum atomic E-state index is -1.48. The van der Waals surface area contributed by atoms with Crippen LogP contribution in [0, 0.1) is 31.5 Å². The second-order valence-corrected chi connectivity index (χ2v) is 9.01. The molecule has 2 fully saturated rings. The van der Waals surface area contributed by atoms with Crippen molar-refractivity contribution in [3.63, 3.8) is 0 Å². The van der Waals surface area contributed by atoms with Crippen molar-refractivity contribution < 1.29 is 23.6 Å². The van der Waals surface area contributed by atoms with E-state index in [-0.39, 0.29) is 13.0 Å². The summed E-state index contributed by atoms with van der Waals surface area (Å²) in [6.45, 7) is 3.75. The molecule has 4 N–H and O–H groups in total. The van der Waals surface area contributed by atoms with Crippen LogP contribution in [0.5, 0.6) is 0 Å².